The van der Waals surface area contributed by atoms with E-state index in [0.717, 1.165) is 16.7 Å². The number of hydrogen-bond donors (Lipinski definition) is 4. The molecule has 0 bridgehead atoms. The van der Waals surface area contributed by atoms with Crippen LogP contribution < -0.4 is 22.9 Å². The molecule has 29 heavy (non-hydrogen) atoms. The zero-order valence-electron chi connectivity index (χ0n) is 16.6. The van der Waals surface area contributed by atoms with E-state index < -0.39 is 0 Å². The van der Waals surface area contributed by atoms with Crippen LogP contribution in [0.15, 0.2) is 62.9 Å². The zero-order chi connectivity index (χ0) is 21.1. The molecule has 0 heterocycles. The molecule has 8 nitrogen and oxygen atoms in total. The molecule has 0 amide bonds. The molecule has 0 aliphatic heterocycles. The van der Waals surface area contributed by atoms with Crippen molar-refractivity contribution >= 4 is 45.5 Å². The SMILES string of the molecule is Cc1cc(N=Nc2cc(C)c(N)cc2N)cc(N=Nc2cc(C)c(N)cc2N)c1. The number of nitrogens with zero attached hydrogens (tertiary/aromatic N) is 4. The van der Waals surface area contributed by atoms with Crippen molar-refractivity contribution in [3.63, 3.8) is 0 Å². The minimum absolute atomic E-state index is 0.471. The molecule has 0 unspecified atom stereocenters. The van der Waals surface area contributed by atoms with Gasteiger partial charge in [0, 0.05) is 11.4 Å². The van der Waals surface area contributed by atoms with Crippen molar-refractivity contribution < 1.29 is 0 Å². The normalized spacial score (nSPS) is 11.6. The van der Waals surface area contributed by atoms with Gasteiger partial charge in [0.25, 0.3) is 0 Å². The van der Waals surface area contributed by atoms with Crippen LogP contribution in [0, 0.1) is 20.8 Å². The first kappa shape index (κ1) is 19.8. The monoisotopic (exact) mass is 388 g/mol. The predicted octanol–water partition coefficient (Wildman–Crippen LogP) is 5.77. The second-order valence-corrected chi connectivity index (χ2v) is 6.96. The average Bonchev–Trinajstić information content (AvgIpc) is 2.65. The first-order valence-electron chi connectivity index (χ1n) is 8.99. The number of nitrogens with two attached hydrogens (primary N) is 4. The van der Waals surface area contributed by atoms with Gasteiger partial charge in [-0.05, 0) is 79.9 Å². The lowest BCUT2D eigenvalue weighted by molar-refractivity contribution is 1.19. The van der Waals surface area contributed by atoms with Crippen LogP contribution in [0.2, 0.25) is 0 Å². The first-order valence-corrected chi connectivity index (χ1v) is 8.99. The third-order valence-electron chi connectivity index (χ3n) is 4.42. The lowest BCUT2D eigenvalue weighted by Crippen LogP contribution is -1.93. The molecule has 0 atom stereocenters. The molecule has 0 aliphatic rings. The Morgan fingerprint density at radius 2 is 0.897 bits per heavy atom. The molecule has 0 saturated heterocycles. The minimum Gasteiger partial charge on any atom is -0.398 e. The van der Waals surface area contributed by atoms with Gasteiger partial charge in [-0.1, -0.05) is 0 Å². The molecule has 3 aromatic carbocycles. The van der Waals surface area contributed by atoms with Gasteiger partial charge in [0.1, 0.15) is 11.4 Å². The van der Waals surface area contributed by atoms with Gasteiger partial charge in [-0.15, -0.1) is 10.2 Å². The maximum absolute atomic E-state index is 5.98. The Morgan fingerprint density at radius 3 is 1.31 bits per heavy atom. The highest BCUT2D eigenvalue weighted by atomic mass is 15.1. The van der Waals surface area contributed by atoms with Crippen molar-refractivity contribution in [1.29, 1.82) is 0 Å². The van der Waals surface area contributed by atoms with Crippen molar-refractivity contribution in [2.24, 2.45) is 20.5 Å². The van der Waals surface area contributed by atoms with E-state index in [0.29, 0.717) is 45.5 Å². The van der Waals surface area contributed by atoms with Gasteiger partial charge < -0.3 is 22.9 Å². The third-order valence-corrected chi connectivity index (χ3v) is 4.42. The summed E-state index contributed by atoms with van der Waals surface area (Å²) in [5.74, 6) is 0. The summed E-state index contributed by atoms with van der Waals surface area (Å²) >= 11 is 0. The Balaban J connectivity index is 1.89. The molecule has 0 fully saturated rings. The molecular weight excluding hydrogens is 364 g/mol. The highest BCUT2D eigenvalue weighted by Gasteiger charge is 2.04. The lowest BCUT2D eigenvalue weighted by Gasteiger charge is -2.05. The summed E-state index contributed by atoms with van der Waals surface area (Å²) in [4.78, 5) is 0. The van der Waals surface area contributed by atoms with E-state index in [-0.39, 0.29) is 0 Å². The predicted molar refractivity (Wildman–Crippen MR) is 120 cm³/mol. The van der Waals surface area contributed by atoms with Gasteiger partial charge in [-0.3, -0.25) is 0 Å². The van der Waals surface area contributed by atoms with Crippen LogP contribution in [0.25, 0.3) is 0 Å². The van der Waals surface area contributed by atoms with E-state index in [9.17, 15) is 0 Å². The number of hydrogen-bond acceptors (Lipinski definition) is 8. The molecule has 3 rings (SSSR count). The van der Waals surface area contributed by atoms with Crippen LogP contribution in [0.5, 0.6) is 0 Å². The van der Waals surface area contributed by atoms with E-state index in [4.69, 9.17) is 22.9 Å². The number of rotatable bonds is 4. The van der Waals surface area contributed by atoms with Crippen molar-refractivity contribution in [2.75, 3.05) is 22.9 Å². The molecular formula is C21H24N8. The van der Waals surface area contributed by atoms with Crippen molar-refractivity contribution in [3.8, 4) is 0 Å². The highest BCUT2D eigenvalue weighted by Crippen LogP contribution is 2.32. The first-order chi connectivity index (χ1) is 13.7. The number of nitrogen functional groups attached to an aromatic ring is 4. The summed E-state index contributed by atoms with van der Waals surface area (Å²) in [5.41, 5.74) is 31.0. The third kappa shape index (κ3) is 4.67. The number of azo groups is 2. The van der Waals surface area contributed by atoms with Crippen molar-refractivity contribution in [1.82, 2.24) is 0 Å². The van der Waals surface area contributed by atoms with Gasteiger partial charge >= 0.3 is 0 Å². The van der Waals surface area contributed by atoms with Gasteiger partial charge in [0.05, 0.1) is 22.7 Å². The van der Waals surface area contributed by atoms with E-state index in [2.05, 4.69) is 20.5 Å². The topological polar surface area (TPSA) is 154 Å². The number of benzene rings is 3. The molecule has 3 aromatic rings. The van der Waals surface area contributed by atoms with Crippen LogP contribution >= 0.6 is 0 Å². The summed E-state index contributed by atoms with van der Waals surface area (Å²) in [6.07, 6.45) is 0. The van der Waals surface area contributed by atoms with Crippen molar-refractivity contribution in [3.05, 3.63) is 59.2 Å². The fourth-order valence-electron chi connectivity index (χ4n) is 2.71. The Bertz CT molecular complexity index is 1050. The summed E-state index contributed by atoms with van der Waals surface area (Å²) in [7, 11) is 0. The van der Waals surface area contributed by atoms with Gasteiger partial charge in [0.2, 0.25) is 0 Å². The Hall–Kier alpha value is -3.94. The summed E-state index contributed by atoms with van der Waals surface area (Å²) in [5, 5.41) is 17.1. The van der Waals surface area contributed by atoms with E-state index in [1.807, 2.05) is 32.9 Å². The fraction of sp³-hybridized carbons (Fsp3) is 0.143. The quantitative estimate of drug-likeness (QED) is 0.331. The molecule has 8 N–H and O–H groups in total. The fourth-order valence-corrected chi connectivity index (χ4v) is 2.71. The average molecular weight is 388 g/mol. The summed E-state index contributed by atoms with van der Waals surface area (Å²) in [6, 6.07) is 12.5. The molecule has 0 spiro atoms. The van der Waals surface area contributed by atoms with Crippen LogP contribution in [0.3, 0.4) is 0 Å². The minimum atomic E-state index is 0.471. The van der Waals surface area contributed by atoms with E-state index in [1.165, 1.54) is 0 Å². The maximum Gasteiger partial charge on any atom is 0.109 e. The smallest absolute Gasteiger partial charge is 0.109 e. The summed E-state index contributed by atoms with van der Waals surface area (Å²) < 4.78 is 0. The standard InChI is InChI=1S/C21H24N8/c1-11-4-14(26-28-20-6-12(2)16(22)9-18(20)24)8-15(5-11)27-29-21-7-13(3)17(23)10-19(21)25/h4-10H,22-25H2,1-3H3. The largest absolute Gasteiger partial charge is 0.398 e. The second kappa shape index (κ2) is 7.97. The van der Waals surface area contributed by atoms with E-state index in [1.54, 1.807) is 30.3 Å². The Labute approximate surface area is 169 Å². The molecule has 8 heteroatoms. The van der Waals surface area contributed by atoms with Crippen LogP contribution in [0.4, 0.5) is 45.5 Å². The second-order valence-electron chi connectivity index (χ2n) is 6.96. The highest BCUT2D eigenvalue weighted by molar-refractivity contribution is 5.71. The zero-order valence-corrected chi connectivity index (χ0v) is 16.6. The van der Waals surface area contributed by atoms with E-state index >= 15 is 0 Å². The number of anilines is 4. The van der Waals surface area contributed by atoms with Gasteiger partial charge in [-0.2, -0.15) is 10.2 Å². The number of aryl methyl sites for hydroxylation is 3. The molecule has 0 radical (unpaired) electrons. The maximum atomic E-state index is 5.98. The van der Waals surface area contributed by atoms with Gasteiger partial charge in [0.15, 0.2) is 0 Å². The Kier molecular flexibility index (Phi) is 5.45. The van der Waals surface area contributed by atoms with Crippen LogP contribution in [-0.4, -0.2) is 0 Å². The van der Waals surface area contributed by atoms with Crippen molar-refractivity contribution in [2.45, 2.75) is 20.8 Å². The summed E-state index contributed by atoms with van der Waals surface area (Å²) in [6.45, 7) is 5.73. The molecule has 0 saturated carbocycles. The lowest BCUT2D eigenvalue weighted by atomic mass is 10.1. The Morgan fingerprint density at radius 1 is 0.483 bits per heavy atom. The van der Waals surface area contributed by atoms with Gasteiger partial charge in [-0.25, -0.2) is 0 Å². The van der Waals surface area contributed by atoms with Crippen LogP contribution in [-0.2, 0) is 0 Å². The molecule has 148 valence electrons. The molecule has 0 aliphatic carbocycles. The molecule has 0 aromatic heterocycles. The van der Waals surface area contributed by atoms with Crippen LogP contribution in [0.1, 0.15) is 16.7 Å².